The molecule has 0 amide bonds. The molecule has 0 saturated heterocycles. The summed E-state index contributed by atoms with van der Waals surface area (Å²) in [6, 6.07) is 28.4. The Kier molecular flexibility index (Phi) is 4.44. The standard InChI is InChI=1S/C27H22O3/c1-28-25-13-7-5-11-22(25)27(23-12-6-8-14-26(23)29-2)18-17-21-20-10-4-3-9-19(20)15-16-24(21)30-27/h3-18H,1-2H3. The summed E-state index contributed by atoms with van der Waals surface area (Å²) in [6.45, 7) is 0. The van der Waals surface area contributed by atoms with E-state index in [9.17, 15) is 0 Å². The summed E-state index contributed by atoms with van der Waals surface area (Å²) in [7, 11) is 3.37. The molecule has 0 radical (unpaired) electrons. The highest BCUT2D eigenvalue weighted by molar-refractivity contribution is 5.94. The molecule has 5 rings (SSSR count). The van der Waals surface area contributed by atoms with Crippen LogP contribution < -0.4 is 14.2 Å². The van der Waals surface area contributed by atoms with E-state index in [4.69, 9.17) is 14.2 Å². The summed E-state index contributed by atoms with van der Waals surface area (Å²) in [5.74, 6) is 2.35. The number of rotatable bonds is 4. The van der Waals surface area contributed by atoms with Gasteiger partial charge in [0.2, 0.25) is 0 Å². The van der Waals surface area contributed by atoms with Gasteiger partial charge < -0.3 is 14.2 Å². The second-order valence-electron chi connectivity index (χ2n) is 7.27. The number of ether oxygens (including phenoxy) is 3. The highest BCUT2D eigenvalue weighted by Gasteiger charge is 2.41. The smallest absolute Gasteiger partial charge is 0.185 e. The van der Waals surface area contributed by atoms with Gasteiger partial charge in [-0.2, -0.15) is 0 Å². The van der Waals surface area contributed by atoms with Crippen molar-refractivity contribution in [1.29, 1.82) is 0 Å². The third kappa shape index (κ3) is 2.74. The molecule has 0 unspecified atom stereocenters. The minimum absolute atomic E-state index is 0.761. The number of fused-ring (bicyclic) bond motifs is 3. The molecule has 4 aromatic carbocycles. The van der Waals surface area contributed by atoms with Gasteiger partial charge in [0.1, 0.15) is 17.2 Å². The van der Waals surface area contributed by atoms with Crippen LogP contribution in [0.25, 0.3) is 16.8 Å². The van der Waals surface area contributed by atoms with Gasteiger partial charge in [0, 0.05) is 16.7 Å². The van der Waals surface area contributed by atoms with Crippen molar-refractivity contribution in [1.82, 2.24) is 0 Å². The molecule has 30 heavy (non-hydrogen) atoms. The average molecular weight is 394 g/mol. The van der Waals surface area contributed by atoms with Crippen molar-refractivity contribution in [3.05, 3.63) is 108 Å². The summed E-state index contributed by atoms with van der Waals surface area (Å²) in [4.78, 5) is 0. The minimum Gasteiger partial charge on any atom is -0.496 e. The van der Waals surface area contributed by atoms with E-state index in [0.717, 1.165) is 33.9 Å². The van der Waals surface area contributed by atoms with Gasteiger partial charge in [-0.25, -0.2) is 0 Å². The molecule has 1 aliphatic heterocycles. The molecule has 0 bridgehead atoms. The fourth-order valence-corrected chi connectivity index (χ4v) is 4.28. The maximum absolute atomic E-state index is 6.84. The van der Waals surface area contributed by atoms with E-state index in [1.54, 1.807) is 14.2 Å². The number of methoxy groups -OCH3 is 2. The van der Waals surface area contributed by atoms with Crippen LogP contribution in [0, 0.1) is 0 Å². The SMILES string of the molecule is COc1ccccc1C1(c2ccccc2OC)C=Cc2c(ccc3ccccc23)O1. The molecule has 0 aromatic heterocycles. The molecule has 3 heteroatoms. The van der Waals surface area contributed by atoms with Gasteiger partial charge in [0.15, 0.2) is 5.60 Å². The van der Waals surface area contributed by atoms with Gasteiger partial charge in [-0.3, -0.25) is 0 Å². The van der Waals surface area contributed by atoms with Crippen molar-refractivity contribution in [3.63, 3.8) is 0 Å². The molecule has 4 aromatic rings. The molecule has 0 aliphatic carbocycles. The molecule has 0 fully saturated rings. The first kappa shape index (κ1) is 18.3. The topological polar surface area (TPSA) is 27.7 Å². The predicted octanol–water partition coefficient (Wildman–Crippen LogP) is 6.21. The second kappa shape index (κ2) is 7.27. The van der Waals surface area contributed by atoms with E-state index in [-0.39, 0.29) is 0 Å². The summed E-state index contributed by atoms with van der Waals surface area (Å²) >= 11 is 0. The van der Waals surface area contributed by atoms with Crippen LogP contribution >= 0.6 is 0 Å². The van der Waals surface area contributed by atoms with Crippen molar-refractivity contribution in [3.8, 4) is 17.2 Å². The molecule has 0 spiro atoms. The number of hydrogen-bond donors (Lipinski definition) is 0. The first-order chi connectivity index (χ1) is 14.8. The van der Waals surface area contributed by atoms with Crippen LogP contribution in [0.1, 0.15) is 16.7 Å². The molecule has 0 atom stereocenters. The van der Waals surface area contributed by atoms with Crippen LogP contribution in [0.3, 0.4) is 0 Å². The number of hydrogen-bond acceptors (Lipinski definition) is 3. The second-order valence-corrected chi connectivity index (χ2v) is 7.27. The summed E-state index contributed by atoms with van der Waals surface area (Å²) in [5, 5.41) is 2.35. The Labute approximate surface area is 176 Å². The number of para-hydroxylation sites is 2. The zero-order valence-electron chi connectivity index (χ0n) is 17.0. The van der Waals surface area contributed by atoms with Gasteiger partial charge >= 0.3 is 0 Å². The summed E-state index contributed by atoms with van der Waals surface area (Å²) in [5.41, 5.74) is 2.04. The van der Waals surface area contributed by atoms with Gasteiger partial charge in [-0.1, -0.05) is 66.7 Å². The van der Waals surface area contributed by atoms with Crippen molar-refractivity contribution in [2.45, 2.75) is 5.60 Å². The van der Waals surface area contributed by atoms with Gasteiger partial charge in [-0.05, 0) is 41.1 Å². The summed E-state index contributed by atoms with van der Waals surface area (Å²) in [6.07, 6.45) is 4.26. The Morgan fingerprint density at radius 1 is 0.667 bits per heavy atom. The molecule has 148 valence electrons. The van der Waals surface area contributed by atoms with Crippen LogP contribution in [0.5, 0.6) is 17.2 Å². The third-order valence-electron chi connectivity index (χ3n) is 5.70. The highest BCUT2D eigenvalue weighted by Crippen LogP contribution is 2.48. The molecule has 0 saturated carbocycles. The normalized spacial score (nSPS) is 14.1. The Bertz CT molecular complexity index is 1210. The monoisotopic (exact) mass is 394 g/mol. The Balaban J connectivity index is 1.80. The lowest BCUT2D eigenvalue weighted by atomic mass is 9.82. The largest absolute Gasteiger partial charge is 0.496 e. The van der Waals surface area contributed by atoms with Crippen LogP contribution in [-0.2, 0) is 5.60 Å². The highest BCUT2D eigenvalue weighted by atomic mass is 16.5. The van der Waals surface area contributed by atoms with E-state index in [2.05, 4.69) is 42.5 Å². The lowest BCUT2D eigenvalue weighted by Gasteiger charge is -2.37. The Hall–Kier alpha value is -3.72. The van der Waals surface area contributed by atoms with Gasteiger partial charge in [-0.15, -0.1) is 0 Å². The van der Waals surface area contributed by atoms with E-state index in [1.807, 2.05) is 54.6 Å². The van der Waals surface area contributed by atoms with Crippen molar-refractivity contribution in [2.75, 3.05) is 14.2 Å². The van der Waals surface area contributed by atoms with Gasteiger partial charge in [0.05, 0.1) is 14.2 Å². The van der Waals surface area contributed by atoms with Gasteiger partial charge in [0.25, 0.3) is 0 Å². The van der Waals surface area contributed by atoms with E-state index in [1.165, 1.54) is 10.8 Å². The fourth-order valence-electron chi connectivity index (χ4n) is 4.28. The third-order valence-corrected chi connectivity index (χ3v) is 5.70. The quantitative estimate of drug-likeness (QED) is 0.412. The summed E-state index contributed by atoms with van der Waals surface area (Å²) < 4.78 is 18.3. The number of benzene rings is 4. The molecular weight excluding hydrogens is 372 g/mol. The zero-order valence-corrected chi connectivity index (χ0v) is 17.0. The lowest BCUT2D eigenvalue weighted by molar-refractivity contribution is 0.153. The molecule has 0 N–H and O–H groups in total. The van der Waals surface area contributed by atoms with Crippen molar-refractivity contribution in [2.24, 2.45) is 0 Å². The van der Waals surface area contributed by atoms with Crippen LogP contribution in [-0.4, -0.2) is 14.2 Å². The van der Waals surface area contributed by atoms with Crippen LogP contribution in [0.2, 0.25) is 0 Å². The maximum atomic E-state index is 6.84. The first-order valence-corrected chi connectivity index (χ1v) is 9.94. The van der Waals surface area contributed by atoms with E-state index < -0.39 is 5.60 Å². The first-order valence-electron chi connectivity index (χ1n) is 9.94. The molecular formula is C27H22O3. The zero-order chi connectivity index (χ0) is 20.6. The molecule has 3 nitrogen and oxygen atoms in total. The molecule has 1 aliphatic rings. The Morgan fingerprint density at radius 2 is 1.27 bits per heavy atom. The Morgan fingerprint density at radius 3 is 1.93 bits per heavy atom. The van der Waals surface area contributed by atoms with Crippen LogP contribution in [0.4, 0.5) is 0 Å². The fraction of sp³-hybridized carbons (Fsp3) is 0.111. The minimum atomic E-state index is -0.880. The lowest BCUT2D eigenvalue weighted by Crippen LogP contribution is -2.35. The van der Waals surface area contributed by atoms with Crippen molar-refractivity contribution < 1.29 is 14.2 Å². The molecule has 1 heterocycles. The maximum Gasteiger partial charge on any atom is 0.185 e. The van der Waals surface area contributed by atoms with E-state index >= 15 is 0 Å². The average Bonchev–Trinajstić information content (AvgIpc) is 2.83. The van der Waals surface area contributed by atoms with E-state index in [0.29, 0.717) is 0 Å². The van der Waals surface area contributed by atoms with Crippen LogP contribution in [0.15, 0.2) is 91.0 Å². The van der Waals surface area contributed by atoms with Crippen molar-refractivity contribution >= 4 is 16.8 Å². The predicted molar refractivity (Wildman–Crippen MR) is 120 cm³/mol.